The van der Waals surface area contributed by atoms with E-state index in [4.69, 9.17) is 4.42 Å². The Morgan fingerprint density at radius 2 is 1.76 bits per heavy atom. The molecule has 0 fully saturated rings. The minimum absolute atomic E-state index is 0.216. The highest BCUT2D eigenvalue weighted by Crippen LogP contribution is 2.45. The number of hydrogen-bond acceptors (Lipinski definition) is 4. The molecule has 0 saturated carbocycles. The summed E-state index contributed by atoms with van der Waals surface area (Å²) < 4.78 is 5.62. The van der Waals surface area contributed by atoms with Gasteiger partial charge in [-0.3, -0.25) is 5.10 Å². The van der Waals surface area contributed by atoms with Crippen LogP contribution in [0.15, 0.2) is 63.8 Å². The number of benzene rings is 2. The zero-order chi connectivity index (χ0) is 17.0. The van der Waals surface area contributed by atoms with Gasteiger partial charge in [-0.15, -0.1) is 0 Å². The number of para-hydroxylation sites is 1. The molecule has 1 aliphatic rings. The summed E-state index contributed by atoms with van der Waals surface area (Å²) in [6.07, 6.45) is 0. The third-order valence-electron chi connectivity index (χ3n) is 4.80. The number of nitrogens with zero attached hydrogens (tertiary/aromatic N) is 1. The van der Waals surface area contributed by atoms with Crippen molar-refractivity contribution in [2.75, 3.05) is 5.32 Å². The van der Waals surface area contributed by atoms with E-state index < -0.39 is 0 Å². The number of anilines is 2. The summed E-state index contributed by atoms with van der Waals surface area (Å²) in [4.78, 5) is 12.9. The lowest BCUT2D eigenvalue weighted by Gasteiger charge is -2.26. The molecule has 2 aromatic carbocycles. The fourth-order valence-electron chi connectivity index (χ4n) is 3.69. The zero-order valence-corrected chi connectivity index (χ0v) is 13.5. The van der Waals surface area contributed by atoms with Gasteiger partial charge < -0.3 is 9.73 Å². The monoisotopic (exact) mass is 329 g/mol. The van der Waals surface area contributed by atoms with Crippen LogP contribution in [0.4, 0.5) is 11.5 Å². The van der Waals surface area contributed by atoms with Gasteiger partial charge in [0.1, 0.15) is 5.58 Å². The van der Waals surface area contributed by atoms with Crippen molar-refractivity contribution in [3.8, 4) is 0 Å². The maximum absolute atomic E-state index is 12.9. The van der Waals surface area contributed by atoms with Crippen molar-refractivity contribution in [3.05, 3.63) is 87.4 Å². The quantitative estimate of drug-likeness (QED) is 0.455. The van der Waals surface area contributed by atoms with Crippen LogP contribution in [-0.4, -0.2) is 10.2 Å². The van der Waals surface area contributed by atoms with E-state index in [9.17, 15) is 4.79 Å². The van der Waals surface area contributed by atoms with Gasteiger partial charge >= 0.3 is 5.63 Å². The van der Waals surface area contributed by atoms with Gasteiger partial charge in [-0.2, -0.15) is 5.10 Å². The van der Waals surface area contributed by atoms with E-state index in [1.165, 1.54) is 0 Å². The highest BCUT2D eigenvalue weighted by molar-refractivity contribution is 5.95. The van der Waals surface area contributed by atoms with Crippen molar-refractivity contribution in [2.24, 2.45) is 0 Å². The molecule has 1 aliphatic heterocycles. The summed E-state index contributed by atoms with van der Waals surface area (Å²) >= 11 is 0. The first-order valence-electron chi connectivity index (χ1n) is 8.16. The van der Waals surface area contributed by atoms with Crippen molar-refractivity contribution >= 4 is 22.5 Å². The highest BCUT2D eigenvalue weighted by Gasteiger charge is 2.34. The van der Waals surface area contributed by atoms with Gasteiger partial charge in [0.15, 0.2) is 5.82 Å². The van der Waals surface area contributed by atoms with Gasteiger partial charge in [0.05, 0.1) is 11.3 Å². The second kappa shape index (κ2) is 5.08. The van der Waals surface area contributed by atoms with E-state index in [0.29, 0.717) is 11.1 Å². The van der Waals surface area contributed by atoms with Crippen LogP contribution in [0.25, 0.3) is 11.0 Å². The summed E-state index contributed by atoms with van der Waals surface area (Å²) in [7, 11) is 0. The van der Waals surface area contributed by atoms with Crippen molar-refractivity contribution in [1.29, 1.82) is 0 Å². The molecular weight excluding hydrogens is 314 g/mol. The molecule has 0 bridgehead atoms. The molecule has 0 amide bonds. The van der Waals surface area contributed by atoms with Crippen molar-refractivity contribution in [2.45, 2.75) is 12.8 Å². The van der Waals surface area contributed by atoms with Crippen molar-refractivity contribution in [1.82, 2.24) is 10.2 Å². The third kappa shape index (κ3) is 1.96. The molecule has 5 heteroatoms. The molecule has 1 unspecified atom stereocenters. The summed E-state index contributed by atoms with van der Waals surface area (Å²) in [5, 5.41) is 11.7. The van der Waals surface area contributed by atoms with Gasteiger partial charge in [-0.1, -0.05) is 42.5 Å². The Bertz CT molecular complexity index is 1160. The first-order chi connectivity index (χ1) is 12.2. The Balaban J connectivity index is 1.90. The number of hydrogen-bond donors (Lipinski definition) is 2. The summed E-state index contributed by atoms with van der Waals surface area (Å²) in [5.41, 5.74) is 4.62. The maximum atomic E-state index is 12.9. The van der Waals surface area contributed by atoms with E-state index in [0.717, 1.165) is 33.7 Å². The molecule has 2 aromatic heterocycles. The van der Waals surface area contributed by atoms with Crippen LogP contribution in [0.3, 0.4) is 0 Å². The zero-order valence-electron chi connectivity index (χ0n) is 13.5. The van der Waals surface area contributed by atoms with Crippen LogP contribution >= 0.6 is 0 Å². The van der Waals surface area contributed by atoms with Crippen LogP contribution in [0.1, 0.15) is 28.3 Å². The van der Waals surface area contributed by atoms with E-state index in [2.05, 4.69) is 15.5 Å². The molecule has 5 rings (SSSR count). The first-order valence-corrected chi connectivity index (χ1v) is 8.16. The minimum Gasteiger partial charge on any atom is -0.422 e. The Morgan fingerprint density at radius 3 is 2.60 bits per heavy atom. The highest BCUT2D eigenvalue weighted by atomic mass is 16.4. The normalized spacial score (nSPS) is 15.5. The number of aromatic amines is 1. The molecule has 5 nitrogen and oxygen atoms in total. The molecule has 0 aliphatic carbocycles. The fraction of sp³-hybridized carbons (Fsp3) is 0.100. The van der Waals surface area contributed by atoms with Crippen molar-refractivity contribution < 1.29 is 4.42 Å². The number of H-pyrrole nitrogens is 1. The second-order valence-electron chi connectivity index (χ2n) is 6.25. The molecule has 25 heavy (non-hydrogen) atoms. The molecule has 0 spiro atoms. The number of aryl methyl sites for hydroxylation is 1. The van der Waals surface area contributed by atoms with Crippen LogP contribution in [0.2, 0.25) is 0 Å². The van der Waals surface area contributed by atoms with Gasteiger partial charge in [-0.25, -0.2) is 4.79 Å². The molecule has 1 atom stereocenters. The third-order valence-corrected chi connectivity index (χ3v) is 4.80. The summed E-state index contributed by atoms with van der Waals surface area (Å²) in [6.45, 7) is 1.97. The Kier molecular flexibility index (Phi) is 2.85. The molecule has 3 heterocycles. The molecule has 0 saturated heterocycles. The van der Waals surface area contributed by atoms with Gasteiger partial charge in [-0.05, 0) is 24.6 Å². The van der Waals surface area contributed by atoms with Crippen LogP contribution < -0.4 is 10.9 Å². The SMILES string of the molecule is Cc1[nH]nc2c1C(c1ccccc1)c1c(c3ccccc3oc1=O)N2. The second-order valence-corrected chi connectivity index (χ2v) is 6.25. The molecule has 4 aromatic rings. The average Bonchev–Trinajstić information content (AvgIpc) is 3.02. The van der Waals surface area contributed by atoms with Gasteiger partial charge in [0, 0.05) is 22.6 Å². The topological polar surface area (TPSA) is 70.9 Å². The van der Waals surface area contributed by atoms with E-state index >= 15 is 0 Å². The molecule has 122 valence electrons. The predicted molar refractivity (Wildman–Crippen MR) is 96.5 cm³/mol. The fourth-order valence-corrected chi connectivity index (χ4v) is 3.69. The van der Waals surface area contributed by atoms with Gasteiger partial charge in [0.25, 0.3) is 0 Å². The molecule has 2 N–H and O–H groups in total. The lowest BCUT2D eigenvalue weighted by Crippen LogP contribution is -2.22. The summed E-state index contributed by atoms with van der Waals surface area (Å²) in [5.74, 6) is 0.543. The molecule has 0 radical (unpaired) electrons. The lowest BCUT2D eigenvalue weighted by atomic mass is 9.82. The number of fused-ring (bicyclic) bond motifs is 4. The largest absolute Gasteiger partial charge is 0.422 e. The minimum atomic E-state index is -0.318. The van der Waals surface area contributed by atoms with E-state index in [1.807, 2.05) is 61.5 Å². The Morgan fingerprint density at radius 1 is 1.00 bits per heavy atom. The van der Waals surface area contributed by atoms with Crippen molar-refractivity contribution in [3.63, 3.8) is 0 Å². The van der Waals surface area contributed by atoms with E-state index in [-0.39, 0.29) is 11.5 Å². The Hall–Kier alpha value is -3.34. The standard InChI is InChI=1S/C20H15N3O2/c1-11-15-16(12-7-3-2-4-8-12)17-18(21-19(15)23-22-11)13-9-5-6-10-14(13)25-20(17)24/h2-10,16H,1H3,(H2,21,22,23). The van der Waals surface area contributed by atoms with Crippen LogP contribution in [-0.2, 0) is 0 Å². The maximum Gasteiger partial charge on any atom is 0.342 e. The number of rotatable bonds is 1. The van der Waals surface area contributed by atoms with Gasteiger partial charge in [0.2, 0.25) is 0 Å². The van der Waals surface area contributed by atoms with Crippen LogP contribution in [0.5, 0.6) is 0 Å². The smallest absolute Gasteiger partial charge is 0.342 e. The lowest BCUT2D eigenvalue weighted by molar-refractivity contribution is 0.548. The summed E-state index contributed by atoms with van der Waals surface area (Å²) in [6, 6.07) is 17.6. The average molecular weight is 329 g/mol. The van der Waals surface area contributed by atoms with Crippen LogP contribution in [0, 0.1) is 6.92 Å². The number of aromatic nitrogens is 2. The molecular formula is C20H15N3O2. The Labute approximate surface area is 143 Å². The van der Waals surface area contributed by atoms with E-state index in [1.54, 1.807) is 0 Å². The first kappa shape index (κ1) is 14.0. The number of nitrogens with one attached hydrogen (secondary N) is 2. The predicted octanol–water partition coefficient (Wildman–Crippen LogP) is 4.06.